The summed E-state index contributed by atoms with van der Waals surface area (Å²) in [5.41, 5.74) is 3.27. The molecule has 2 N–H and O–H groups in total. The van der Waals surface area contributed by atoms with Crippen LogP contribution in [0.5, 0.6) is 5.75 Å². The zero-order valence-electron chi connectivity index (χ0n) is 22.1. The predicted molar refractivity (Wildman–Crippen MR) is 165 cm³/mol. The van der Waals surface area contributed by atoms with Gasteiger partial charge in [-0.05, 0) is 104 Å². The average Bonchev–Trinajstić information content (AvgIpc) is 2.86. The van der Waals surface area contributed by atoms with E-state index in [1.54, 1.807) is 48.6 Å². The maximum atomic E-state index is 13.6. The molecule has 1 aliphatic rings. The number of hydrogen-bond acceptors (Lipinski definition) is 5. The Kier molecular flexibility index (Phi) is 10.7. The first kappa shape index (κ1) is 30.6. The van der Waals surface area contributed by atoms with Crippen molar-refractivity contribution in [3.05, 3.63) is 109 Å². The van der Waals surface area contributed by atoms with Gasteiger partial charge in [0.15, 0.2) is 5.78 Å². The molecule has 9 heteroatoms. The fraction of sp³-hybridized carbons (Fsp3) is 0.258. The van der Waals surface area contributed by atoms with Gasteiger partial charge in [-0.15, -0.1) is 0 Å². The van der Waals surface area contributed by atoms with Gasteiger partial charge >= 0.3 is 0 Å². The number of rotatable bonds is 9. The second kappa shape index (κ2) is 14.0. The standard InChI is InChI=1S/C31H30Cl4N2O3/c1-37(2)7-8-40-29-5-3-21(4-6-29)31(39)36-28-15-22(9-19-11-24(32)17-25(33)12-19)30(38)23(16-28)10-20-13-26(34)18-27(35)14-20/h3-6,9-14,17-18,28,31,36,39H,7-8,15-16H2,1-2H3/b22-9+,23-10+. The fourth-order valence-electron chi connectivity index (χ4n) is 4.49. The quantitative estimate of drug-likeness (QED) is 0.190. The molecule has 5 nitrogen and oxygen atoms in total. The summed E-state index contributed by atoms with van der Waals surface area (Å²) < 4.78 is 5.75. The van der Waals surface area contributed by atoms with Crippen LogP contribution in [0.15, 0.2) is 71.8 Å². The number of ketones is 1. The number of ether oxygens (including phenoxy) is 1. The highest BCUT2D eigenvalue weighted by atomic mass is 35.5. The summed E-state index contributed by atoms with van der Waals surface area (Å²) in [7, 11) is 3.98. The minimum Gasteiger partial charge on any atom is -0.492 e. The first-order valence-corrected chi connectivity index (χ1v) is 14.3. The molecule has 0 heterocycles. The molecule has 1 atom stereocenters. The van der Waals surface area contributed by atoms with Crippen LogP contribution in [-0.4, -0.2) is 49.1 Å². The summed E-state index contributed by atoms with van der Waals surface area (Å²) in [6, 6.07) is 17.4. The Labute approximate surface area is 254 Å². The second-order valence-electron chi connectivity index (χ2n) is 9.97. The SMILES string of the molecule is CN(C)CCOc1ccc(C(O)NC2C/C(=C\c3cc(Cl)cc(Cl)c3)C(=O)/C(=C/c3cc(Cl)cc(Cl)c3)C2)cc1. The molecule has 1 saturated carbocycles. The average molecular weight is 620 g/mol. The normalized spacial score (nSPS) is 18.5. The summed E-state index contributed by atoms with van der Waals surface area (Å²) in [5, 5.41) is 16.2. The zero-order chi connectivity index (χ0) is 28.8. The summed E-state index contributed by atoms with van der Waals surface area (Å²) in [6.07, 6.45) is 3.44. The molecule has 1 unspecified atom stereocenters. The molecule has 40 heavy (non-hydrogen) atoms. The van der Waals surface area contributed by atoms with E-state index in [0.29, 0.717) is 56.2 Å². The number of nitrogens with zero attached hydrogens (tertiary/aromatic N) is 1. The van der Waals surface area contributed by atoms with Crippen LogP contribution in [-0.2, 0) is 4.79 Å². The molecule has 0 radical (unpaired) electrons. The number of likely N-dealkylation sites (N-methyl/N-ethyl adjacent to an activating group) is 1. The Morgan fingerprint density at radius 1 is 0.875 bits per heavy atom. The van der Waals surface area contributed by atoms with E-state index in [9.17, 15) is 9.90 Å². The van der Waals surface area contributed by atoms with Crippen molar-refractivity contribution in [2.45, 2.75) is 25.1 Å². The number of halogens is 4. The lowest BCUT2D eigenvalue weighted by Crippen LogP contribution is -2.38. The highest BCUT2D eigenvalue weighted by molar-refractivity contribution is 6.35. The van der Waals surface area contributed by atoms with Crippen molar-refractivity contribution < 1.29 is 14.6 Å². The summed E-state index contributed by atoms with van der Waals surface area (Å²) >= 11 is 24.8. The maximum Gasteiger partial charge on any atom is 0.185 e. The minimum absolute atomic E-state index is 0.0982. The predicted octanol–water partition coefficient (Wildman–Crippen LogP) is 7.72. The van der Waals surface area contributed by atoms with Gasteiger partial charge in [0.25, 0.3) is 0 Å². The van der Waals surface area contributed by atoms with Gasteiger partial charge in [0.05, 0.1) is 0 Å². The molecule has 4 rings (SSSR count). The van der Waals surface area contributed by atoms with Crippen LogP contribution in [0.4, 0.5) is 0 Å². The molecule has 0 aliphatic heterocycles. The zero-order valence-corrected chi connectivity index (χ0v) is 25.2. The molecule has 0 aromatic heterocycles. The summed E-state index contributed by atoms with van der Waals surface area (Å²) in [5.74, 6) is 0.635. The van der Waals surface area contributed by atoms with Crippen molar-refractivity contribution in [3.63, 3.8) is 0 Å². The van der Waals surface area contributed by atoms with E-state index in [2.05, 4.69) is 5.32 Å². The van der Waals surface area contributed by atoms with Crippen molar-refractivity contribution in [1.82, 2.24) is 10.2 Å². The Bertz CT molecular complexity index is 1310. The lowest BCUT2D eigenvalue weighted by molar-refractivity contribution is -0.113. The number of carbonyl (C=O) groups is 1. The van der Waals surface area contributed by atoms with Crippen molar-refractivity contribution in [1.29, 1.82) is 0 Å². The number of aliphatic hydroxyl groups excluding tert-OH is 1. The summed E-state index contributed by atoms with van der Waals surface area (Å²) in [6.45, 7) is 1.38. The molecule has 210 valence electrons. The lowest BCUT2D eigenvalue weighted by Gasteiger charge is -2.29. The monoisotopic (exact) mass is 618 g/mol. The van der Waals surface area contributed by atoms with Gasteiger partial charge in [0, 0.05) is 43.8 Å². The number of hydrogen-bond donors (Lipinski definition) is 2. The smallest absolute Gasteiger partial charge is 0.185 e. The molecule has 0 amide bonds. The molecule has 0 saturated heterocycles. The molecule has 3 aromatic carbocycles. The van der Waals surface area contributed by atoms with Gasteiger partial charge < -0.3 is 14.7 Å². The summed E-state index contributed by atoms with van der Waals surface area (Å²) in [4.78, 5) is 15.6. The Balaban J connectivity index is 1.58. The van der Waals surface area contributed by atoms with Crippen LogP contribution in [0.3, 0.4) is 0 Å². The Hall–Kier alpha value is -2.35. The second-order valence-corrected chi connectivity index (χ2v) is 11.7. The first-order chi connectivity index (χ1) is 19.0. The van der Waals surface area contributed by atoms with Crippen molar-refractivity contribution in [2.24, 2.45) is 0 Å². The maximum absolute atomic E-state index is 13.6. The van der Waals surface area contributed by atoms with Crippen molar-refractivity contribution in [3.8, 4) is 5.75 Å². The molecule has 1 fully saturated rings. The van der Waals surface area contributed by atoms with E-state index in [4.69, 9.17) is 51.1 Å². The van der Waals surface area contributed by atoms with Crippen LogP contribution in [0.1, 0.15) is 35.8 Å². The third-order valence-electron chi connectivity index (χ3n) is 6.36. The van der Waals surface area contributed by atoms with E-state index in [0.717, 1.165) is 23.4 Å². The topological polar surface area (TPSA) is 61.8 Å². The van der Waals surface area contributed by atoms with Crippen LogP contribution < -0.4 is 10.1 Å². The largest absolute Gasteiger partial charge is 0.492 e. The fourth-order valence-corrected chi connectivity index (χ4v) is 5.58. The third-order valence-corrected chi connectivity index (χ3v) is 7.24. The van der Waals surface area contributed by atoms with Gasteiger partial charge in [-0.2, -0.15) is 0 Å². The molecule has 1 aliphatic carbocycles. The number of nitrogens with one attached hydrogen (secondary N) is 1. The van der Waals surface area contributed by atoms with Crippen molar-refractivity contribution >= 4 is 64.3 Å². The van der Waals surface area contributed by atoms with Gasteiger partial charge in [-0.1, -0.05) is 58.5 Å². The highest BCUT2D eigenvalue weighted by Gasteiger charge is 2.29. The van der Waals surface area contributed by atoms with E-state index >= 15 is 0 Å². The van der Waals surface area contributed by atoms with Crippen LogP contribution in [0.25, 0.3) is 12.2 Å². The molecule has 3 aromatic rings. The van der Waals surface area contributed by atoms with E-state index in [1.807, 2.05) is 43.3 Å². The van der Waals surface area contributed by atoms with Gasteiger partial charge in [0.1, 0.15) is 18.6 Å². The first-order valence-electron chi connectivity index (χ1n) is 12.8. The van der Waals surface area contributed by atoms with Crippen molar-refractivity contribution in [2.75, 3.05) is 27.2 Å². The Morgan fingerprint density at radius 2 is 1.35 bits per heavy atom. The van der Waals surface area contributed by atoms with Gasteiger partial charge in [0.2, 0.25) is 0 Å². The number of carbonyl (C=O) groups excluding carboxylic acids is 1. The van der Waals surface area contributed by atoms with Crippen LogP contribution >= 0.6 is 46.4 Å². The highest BCUT2D eigenvalue weighted by Crippen LogP contribution is 2.32. The molecular weight excluding hydrogens is 590 g/mol. The van der Waals surface area contributed by atoms with E-state index in [1.165, 1.54) is 0 Å². The van der Waals surface area contributed by atoms with E-state index < -0.39 is 6.23 Å². The number of aliphatic hydroxyl groups is 1. The molecule has 0 bridgehead atoms. The molecule has 0 spiro atoms. The van der Waals surface area contributed by atoms with Gasteiger partial charge in [-0.25, -0.2) is 0 Å². The molecular formula is C31H30Cl4N2O3. The minimum atomic E-state index is -0.947. The van der Waals surface area contributed by atoms with Gasteiger partial charge in [-0.3, -0.25) is 10.1 Å². The van der Waals surface area contributed by atoms with Crippen LogP contribution in [0, 0.1) is 0 Å². The third kappa shape index (κ3) is 8.82. The Morgan fingerprint density at radius 3 is 1.80 bits per heavy atom. The van der Waals surface area contributed by atoms with Crippen LogP contribution in [0.2, 0.25) is 20.1 Å². The number of benzene rings is 3. The lowest BCUT2D eigenvalue weighted by atomic mass is 9.83. The van der Waals surface area contributed by atoms with E-state index in [-0.39, 0.29) is 11.8 Å². The number of Topliss-reactive ketones (excluding diaryl/α,β-unsaturated/α-hetero) is 1.